The van der Waals surface area contributed by atoms with Crippen LogP contribution >= 0.6 is 11.3 Å². The van der Waals surface area contributed by atoms with Gasteiger partial charge in [-0.1, -0.05) is 20.8 Å². The van der Waals surface area contributed by atoms with Gasteiger partial charge >= 0.3 is 0 Å². The van der Waals surface area contributed by atoms with Gasteiger partial charge in [0.25, 0.3) is 0 Å². The fourth-order valence-electron chi connectivity index (χ4n) is 2.15. The van der Waals surface area contributed by atoms with Crippen molar-refractivity contribution in [2.75, 3.05) is 13.7 Å². The van der Waals surface area contributed by atoms with Gasteiger partial charge in [0.1, 0.15) is 0 Å². The maximum absolute atomic E-state index is 5.98. The minimum Gasteiger partial charge on any atom is -0.376 e. The molecule has 1 aromatic heterocycles. The average Bonchev–Trinajstić information content (AvgIpc) is 2.63. The van der Waals surface area contributed by atoms with Gasteiger partial charge in [0, 0.05) is 11.5 Å². The summed E-state index contributed by atoms with van der Waals surface area (Å²) in [7, 11) is 2.02. The van der Waals surface area contributed by atoms with Gasteiger partial charge in [0.05, 0.1) is 12.1 Å². The van der Waals surface area contributed by atoms with Gasteiger partial charge in [-0.15, -0.1) is 11.3 Å². The van der Waals surface area contributed by atoms with Crippen LogP contribution in [0.2, 0.25) is 0 Å². The monoisotopic (exact) mass is 255 g/mol. The molecule has 2 nitrogen and oxygen atoms in total. The van der Waals surface area contributed by atoms with E-state index in [-0.39, 0.29) is 17.6 Å². The molecule has 0 aliphatic carbocycles. The minimum atomic E-state index is 0.125. The molecule has 3 heteroatoms. The molecule has 0 radical (unpaired) electrons. The summed E-state index contributed by atoms with van der Waals surface area (Å²) in [6.45, 7) is 11.7. The minimum absolute atomic E-state index is 0.125. The van der Waals surface area contributed by atoms with Gasteiger partial charge in [-0.25, -0.2) is 0 Å². The fraction of sp³-hybridized carbons (Fsp3) is 0.714. The first kappa shape index (κ1) is 14.7. The van der Waals surface area contributed by atoms with Crippen LogP contribution < -0.4 is 5.32 Å². The zero-order chi connectivity index (χ0) is 13.1. The standard InChI is InChI=1S/C14H25NOS/c1-7-16-13(14(3,4)5)11(15-6)12-10(2)8-9-17-12/h8-9,11,13,15H,7H2,1-6H3. The summed E-state index contributed by atoms with van der Waals surface area (Å²) in [4.78, 5) is 1.39. The molecule has 98 valence electrons. The summed E-state index contributed by atoms with van der Waals surface area (Å²) in [6.07, 6.45) is 0.190. The number of hydrogen-bond donors (Lipinski definition) is 1. The van der Waals surface area contributed by atoms with Crippen molar-refractivity contribution in [3.05, 3.63) is 21.9 Å². The molecular formula is C14H25NOS. The molecule has 1 rings (SSSR count). The van der Waals surface area contributed by atoms with Crippen molar-refractivity contribution in [1.29, 1.82) is 0 Å². The van der Waals surface area contributed by atoms with E-state index in [1.165, 1.54) is 10.4 Å². The number of rotatable bonds is 5. The third-order valence-corrected chi connectivity index (χ3v) is 4.10. The van der Waals surface area contributed by atoms with Crippen molar-refractivity contribution >= 4 is 11.3 Å². The first-order chi connectivity index (χ1) is 7.91. The Morgan fingerprint density at radius 1 is 1.41 bits per heavy atom. The molecule has 1 aromatic rings. The smallest absolute Gasteiger partial charge is 0.0825 e. The highest BCUT2D eigenvalue weighted by molar-refractivity contribution is 7.10. The molecule has 0 spiro atoms. The van der Waals surface area contributed by atoms with E-state index in [1.54, 1.807) is 0 Å². The lowest BCUT2D eigenvalue weighted by Crippen LogP contribution is -2.40. The van der Waals surface area contributed by atoms with Crippen LogP contribution in [0.4, 0.5) is 0 Å². The van der Waals surface area contributed by atoms with Gasteiger partial charge in [-0.05, 0) is 43.3 Å². The molecule has 0 aromatic carbocycles. The molecule has 17 heavy (non-hydrogen) atoms. The quantitative estimate of drug-likeness (QED) is 0.865. The lowest BCUT2D eigenvalue weighted by atomic mass is 9.83. The second-order valence-electron chi connectivity index (χ2n) is 5.48. The highest BCUT2D eigenvalue weighted by Crippen LogP contribution is 2.36. The van der Waals surface area contributed by atoms with Crippen LogP contribution in [0, 0.1) is 12.3 Å². The van der Waals surface area contributed by atoms with Crippen molar-refractivity contribution in [2.24, 2.45) is 5.41 Å². The van der Waals surface area contributed by atoms with Crippen LogP contribution in [0.1, 0.15) is 44.2 Å². The predicted molar refractivity (Wildman–Crippen MR) is 75.7 cm³/mol. The van der Waals surface area contributed by atoms with Gasteiger partial charge in [0.2, 0.25) is 0 Å². The van der Waals surface area contributed by atoms with Crippen molar-refractivity contribution < 1.29 is 4.74 Å². The highest BCUT2D eigenvalue weighted by Gasteiger charge is 2.34. The van der Waals surface area contributed by atoms with E-state index in [0.29, 0.717) is 0 Å². The Morgan fingerprint density at radius 2 is 2.06 bits per heavy atom. The Hall–Kier alpha value is -0.380. The van der Waals surface area contributed by atoms with E-state index in [9.17, 15) is 0 Å². The Kier molecular flexibility index (Phi) is 5.17. The second-order valence-corrected chi connectivity index (χ2v) is 6.42. The number of hydrogen-bond acceptors (Lipinski definition) is 3. The third kappa shape index (κ3) is 3.54. The molecule has 0 aliphatic heterocycles. The van der Waals surface area contributed by atoms with Crippen molar-refractivity contribution in [2.45, 2.75) is 46.8 Å². The van der Waals surface area contributed by atoms with Gasteiger partial charge < -0.3 is 10.1 Å². The van der Waals surface area contributed by atoms with Crippen molar-refractivity contribution in [3.8, 4) is 0 Å². The van der Waals surface area contributed by atoms with E-state index in [1.807, 2.05) is 18.4 Å². The van der Waals surface area contributed by atoms with E-state index in [2.05, 4.69) is 51.4 Å². The topological polar surface area (TPSA) is 21.3 Å². The summed E-state index contributed by atoms with van der Waals surface area (Å²) >= 11 is 1.81. The molecule has 0 amide bonds. The lowest BCUT2D eigenvalue weighted by Gasteiger charge is -2.36. The molecule has 1 heterocycles. The zero-order valence-electron chi connectivity index (χ0n) is 11.8. The van der Waals surface area contributed by atoms with E-state index in [4.69, 9.17) is 4.74 Å². The Bertz CT molecular complexity index is 340. The summed E-state index contributed by atoms with van der Waals surface area (Å²) in [5.74, 6) is 0. The van der Waals surface area contributed by atoms with Crippen LogP contribution in [0.25, 0.3) is 0 Å². The van der Waals surface area contributed by atoms with Crippen LogP contribution in [-0.2, 0) is 4.74 Å². The molecule has 0 saturated carbocycles. The normalized spacial score (nSPS) is 15.9. The molecule has 0 aliphatic rings. The lowest BCUT2D eigenvalue weighted by molar-refractivity contribution is -0.0344. The fourth-order valence-corrected chi connectivity index (χ4v) is 3.21. The molecule has 2 unspecified atom stereocenters. The van der Waals surface area contributed by atoms with Gasteiger partial charge in [-0.3, -0.25) is 0 Å². The number of ether oxygens (including phenoxy) is 1. The number of likely N-dealkylation sites (N-methyl/N-ethyl adjacent to an activating group) is 1. The molecule has 0 saturated heterocycles. The van der Waals surface area contributed by atoms with Crippen LogP contribution in [0.5, 0.6) is 0 Å². The summed E-state index contributed by atoms with van der Waals surface area (Å²) < 4.78 is 5.98. The van der Waals surface area contributed by atoms with Crippen molar-refractivity contribution in [1.82, 2.24) is 5.32 Å². The Morgan fingerprint density at radius 3 is 2.41 bits per heavy atom. The first-order valence-electron chi connectivity index (χ1n) is 6.24. The maximum Gasteiger partial charge on any atom is 0.0825 e. The van der Waals surface area contributed by atoms with E-state index < -0.39 is 0 Å². The largest absolute Gasteiger partial charge is 0.376 e. The first-order valence-corrected chi connectivity index (χ1v) is 7.12. The SMILES string of the molecule is CCOC(C(NC)c1sccc1C)C(C)(C)C. The maximum atomic E-state index is 5.98. The zero-order valence-corrected chi connectivity index (χ0v) is 12.6. The van der Waals surface area contributed by atoms with E-state index in [0.717, 1.165) is 6.61 Å². The summed E-state index contributed by atoms with van der Waals surface area (Å²) in [6, 6.07) is 2.45. The second kappa shape index (κ2) is 5.98. The molecule has 2 atom stereocenters. The van der Waals surface area contributed by atoms with Crippen molar-refractivity contribution in [3.63, 3.8) is 0 Å². The Balaban J connectivity index is 3.02. The highest BCUT2D eigenvalue weighted by atomic mass is 32.1. The van der Waals surface area contributed by atoms with Crippen LogP contribution in [-0.4, -0.2) is 19.8 Å². The van der Waals surface area contributed by atoms with Gasteiger partial charge in [0.15, 0.2) is 0 Å². The van der Waals surface area contributed by atoms with E-state index >= 15 is 0 Å². The average molecular weight is 255 g/mol. The van der Waals surface area contributed by atoms with Gasteiger partial charge in [-0.2, -0.15) is 0 Å². The number of nitrogens with one attached hydrogen (secondary N) is 1. The summed E-state index contributed by atoms with van der Waals surface area (Å²) in [5, 5.41) is 5.58. The third-order valence-electron chi connectivity index (χ3n) is 3.00. The molecule has 1 N–H and O–H groups in total. The molecule has 0 bridgehead atoms. The molecular weight excluding hydrogens is 230 g/mol. The molecule has 0 fully saturated rings. The number of aryl methyl sites for hydroxylation is 1. The number of thiophene rings is 1. The van der Waals surface area contributed by atoms with Crippen LogP contribution in [0.15, 0.2) is 11.4 Å². The Labute approximate surface area is 109 Å². The van der Waals surface area contributed by atoms with Crippen LogP contribution in [0.3, 0.4) is 0 Å². The summed E-state index contributed by atoms with van der Waals surface area (Å²) in [5.41, 5.74) is 1.48. The predicted octanol–water partition coefficient (Wildman–Crippen LogP) is 3.77.